The molecule has 1 unspecified atom stereocenters. The summed E-state index contributed by atoms with van der Waals surface area (Å²) in [4.78, 5) is 21.3. The SMILES string of the molecule is CC(C)CC(N)c1nc(C(=O)N(C)C2CCN(C)CC2)cs1. The predicted molar refractivity (Wildman–Crippen MR) is 91.1 cm³/mol. The van der Waals surface area contributed by atoms with Crippen LogP contribution in [-0.2, 0) is 0 Å². The first-order chi connectivity index (χ1) is 10.4. The van der Waals surface area contributed by atoms with Crippen molar-refractivity contribution in [2.24, 2.45) is 11.7 Å². The molecular formula is C16H28N4OS. The fraction of sp³-hybridized carbons (Fsp3) is 0.750. The van der Waals surface area contributed by atoms with E-state index < -0.39 is 0 Å². The third-order valence-corrected chi connectivity index (χ3v) is 5.32. The van der Waals surface area contributed by atoms with Gasteiger partial charge in [-0.25, -0.2) is 4.98 Å². The number of piperidine rings is 1. The lowest BCUT2D eigenvalue weighted by Gasteiger charge is -2.34. The summed E-state index contributed by atoms with van der Waals surface area (Å²) in [5, 5.41) is 2.72. The maximum atomic E-state index is 12.6. The van der Waals surface area contributed by atoms with Gasteiger partial charge in [0.15, 0.2) is 0 Å². The van der Waals surface area contributed by atoms with Crippen LogP contribution in [-0.4, -0.2) is 53.9 Å². The number of rotatable bonds is 5. The van der Waals surface area contributed by atoms with Gasteiger partial charge in [-0.15, -0.1) is 11.3 Å². The van der Waals surface area contributed by atoms with Crippen molar-refractivity contribution in [3.05, 3.63) is 16.1 Å². The zero-order chi connectivity index (χ0) is 16.3. The Bertz CT molecular complexity index is 494. The van der Waals surface area contributed by atoms with Crippen molar-refractivity contribution in [1.82, 2.24) is 14.8 Å². The van der Waals surface area contributed by atoms with Crippen molar-refractivity contribution < 1.29 is 4.79 Å². The molecule has 0 bridgehead atoms. The molecule has 1 atom stereocenters. The number of hydrogen-bond donors (Lipinski definition) is 1. The van der Waals surface area contributed by atoms with Crippen LogP contribution < -0.4 is 5.73 Å². The number of amides is 1. The highest BCUT2D eigenvalue weighted by Crippen LogP contribution is 2.24. The van der Waals surface area contributed by atoms with Gasteiger partial charge < -0.3 is 15.5 Å². The van der Waals surface area contributed by atoms with Crippen molar-refractivity contribution in [2.45, 2.75) is 45.2 Å². The Hall–Kier alpha value is -0.980. The molecule has 1 aromatic heterocycles. The minimum Gasteiger partial charge on any atom is -0.337 e. The Balaban J connectivity index is 1.99. The Morgan fingerprint density at radius 3 is 2.73 bits per heavy atom. The number of thiazole rings is 1. The normalized spacial score (nSPS) is 18.6. The summed E-state index contributed by atoms with van der Waals surface area (Å²) < 4.78 is 0. The van der Waals surface area contributed by atoms with Gasteiger partial charge in [-0.3, -0.25) is 4.79 Å². The molecule has 0 saturated carbocycles. The maximum Gasteiger partial charge on any atom is 0.273 e. The molecule has 1 aliphatic heterocycles. The highest BCUT2D eigenvalue weighted by molar-refractivity contribution is 7.09. The van der Waals surface area contributed by atoms with Gasteiger partial charge in [0.05, 0.1) is 6.04 Å². The average molecular weight is 324 g/mol. The summed E-state index contributed by atoms with van der Waals surface area (Å²) in [6.45, 7) is 6.38. The third kappa shape index (κ3) is 4.27. The topological polar surface area (TPSA) is 62.5 Å². The highest BCUT2D eigenvalue weighted by atomic mass is 32.1. The van der Waals surface area contributed by atoms with E-state index in [0.29, 0.717) is 17.7 Å². The predicted octanol–water partition coefficient (Wildman–Crippen LogP) is 2.36. The van der Waals surface area contributed by atoms with Crippen LogP contribution in [0.15, 0.2) is 5.38 Å². The molecule has 1 aliphatic rings. The Morgan fingerprint density at radius 2 is 2.14 bits per heavy atom. The summed E-state index contributed by atoms with van der Waals surface area (Å²) in [5.74, 6) is 0.550. The van der Waals surface area contributed by atoms with Crippen LogP contribution in [0.4, 0.5) is 0 Å². The van der Waals surface area contributed by atoms with Gasteiger partial charge in [-0.1, -0.05) is 13.8 Å². The molecule has 2 heterocycles. The second-order valence-corrected chi connectivity index (χ2v) is 7.65. The molecule has 0 aliphatic carbocycles. The maximum absolute atomic E-state index is 12.6. The van der Waals surface area contributed by atoms with Crippen LogP contribution in [0.2, 0.25) is 0 Å². The molecule has 1 saturated heterocycles. The molecule has 0 spiro atoms. The molecule has 1 amide bonds. The molecule has 0 aromatic carbocycles. The van der Waals surface area contributed by atoms with Crippen LogP contribution in [0, 0.1) is 5.92 Å². The van der Waals surface area contributed by atoms with E-state index in [2.05, 4.69) is 30.8 Å². The molecule has 6 heteroatoms. The van der Waals surface area contributed by atoms with Crippen LogP contribution in [0.25, 0.3) is 0 Å². The van der Waals surface area contributed by atoms with Crippen molar-refractivity contribution in [2.75, 3.05) is 27.2 Å². The number of nitrogens with two attached hydrogens (primary N) is 1. The van der Waals surface area contributed by atoms with E-state index in [1.807, 2.05) is 17.3 Å². The van der Waals surface area contributed by atoms with E-state index in [-0.39, 0.29) is 11.9 Å². The lowest BCUT2D eigenvalue weighted by atomic mass is 10.0. The van der Waals surface area contributed by atoms with Gasteiger partial charge in [-0.2, -0.15) is 0 Å². The van der Waals surface area contributed by atoms with E-state index in [0.717, 1.165) is 37.4 Å². The summed E-state index contributed by atoms with van der Waals surface area (Å²) in [6.07, 6.45) is 2.96. The van der Waals surface area contributed by atoms with Crippen molar-refractivity contribution in [3.63, 3.8) is 0 Å². The van der Waals surface area contributed by atoms with Gasteiger partial charge >= 0.3 is 0 Å². The molecule has 1 fully saturated rings. The number of nitrogens with zero attached hydrogens (tertiary/aromatic N) is 3. The third-order valence-electron chi connectivity index (χ3n) is 4.34. The minimum atomic E-state index is -0.0693. The number of aromatic nitrogens is 1. The zero-order valence-electron chi connectivity index (χ0n) is 14.1. The summed E-state index contributed by atoms with van der Waals surface area (Å²) in [6, 6.07) is 0.248. The standard InChI is InChI=1S/C16H28N4OS/c1-11(2)9-13(17)15-18-14(10-22-15)16(21)20(4)12-5-7-19(3)8-6-12/h10-13H,5-9,17H2,1-4H3. The van der Waals surface area contributed by atoms with Gasteiger partial charge in [0, 0.05) is 18.5 Å². The number of carbonyl (C=O) groups excluding carboxylic acids is 1. The second-order valence-electron chi connectivity index (χ2n) is 6.76. The van der Waals surface area contributed by atoms with Crippen LogP contribution in [0.5, 0.6) is 0 Å². The number of hydrogen-bond acceptors (Lipinski definition) is 5. The van der Waals surface area contributed by atoms with Crippen LogP contribution >= 0.6 is 11.3 Å². The first kappa shape index (κ1) is 17.4. The molecule has 22 heavy (non-hydrogen) atoms. The van der Waals surface area contributed by atoms with Gasteiger partial charge in [0.2, 0.25) is 0 Å². The van der Waals surface area contributed by atoms with E-state index in [1.165, 1.54) is 11.3 Å². The van der Waals surface area contributed by atoms with Crippen LogP contribution in [0.1, 0.15) is 54.6 Å². The number of likely N-dealkylation sites (tertiary alicyclic amines) is 1. The molecule has 0 radical (unpaired) electrons. The van der Waals surface area contributed by atoms with Gasteiger partial charge in [0.1, 0.15) is 10.7 Å². The molecular weight excluding hydrogens is 296 g/mol. The summed E-state index contributed by atoms with van der Waals surface area (Å²) >= 11 is 1.50. The molecule has 1 aromatic rings. The van der Waals surface area contributed by atoms with Crippen molar-refractivity contribution in [3.8, 4) is 0 Å². The fourth-order valence-electron chi connectivity index (χ4n) is 2.89. The Kier molecular flexibility index (Phi) is 5.94. The van der Waals surface area contributed by atoms with E-state index in [4.69, 9.17) is 5.73 Å². The van der Waals surface area contributed by atoms with Crippen molar-refractivity contribution in [1.29, 1.82) is 0 Å². The smallest absolute Gasteiger partial charge is 0.273 e. The quantitative estimate of drug-likeness (QED) is 0.903. The van der Waals surface area contributed by atoms with E-state index >= 15 is 0 Å². The molecule has 2 N–H and O–H groups in total. The van der Waals surface area contributed by atoms with E-state index in [9.17, 15) is 4.79 Å². The Labute approximate surface area is 137 Å². The number of carbonyl (C=O) groups is 1. The lowest BCUT2D eigenvalue weighted by Crippen LogP contribution is -2.44. The molecule has 2 rings (SSSR count). The minimum absolute atomic E-state index is 0.0220. The average Bonchev–Trinajstić information content (AvgIpc) is 2.95. The van der Waals surface area contributed by atoms with Gasteiger partial charge in [-0.05, 0) is 45.3 Å². The van der Waals surface area contributed by atoms with Gasteiger partial charge in [0.25, 0.3) is 5.91 Å². The first-order valence-electron chi connectivity index (χ1n) is 8.05. The summed E-state index contributed by atoms with van der Waals surface area (Å²) in [7, 11) is 4.02. The molecule has 5 nitrogen and oxygen atoms in total. The monoisotopic (exact) mass is 324 g/mol. The fourth-order valence-corrected chi connectivity index (χ4v) is 3.70. The molecule has 124 valence electrons. The highest BCUT2D eigenvalue weighted by Gasteiger charge is 2.26. The zero-order valence-corrected chi connectivity index (χ0v) is 14.9. The summed E-state index contributed by atoms with van der Waals surface area (Å²) in [5.41, 5.74) is 6.70. The van der Waals surface area contributed by atoms with Crippen molar-refractivity contribution >= 4 is 17.2 Å². The second kappa shape index (κ2) is 7.53. The lowest BCUT2D eigenvalue weighted by molar-refractivity contribution is 0.0654. The first-order valence-corrected chi connectivity index (χ1v) is 8.93. The van der Waals surface area contributed by atoms with Crippen LogP contribution in [0.3, 0.4) is 0 Å². The van der Waals surface area contributed by atoms with E-state index in [1.54, 1.807) is 0 Å². The Morgan fingerprint density at radius 1 is 1.50 bits per heavy atom. The largest absolute Gasteiger partial charge is 0.337 e.